The number of methoxy groups -OCH3 is 2. The monoisotopic (exact) mass is 885 g/mol. The highest BCUT2D eigenvalue weighted by molar-refractivity contribution is 6.06. The third-order valence-corrected chi connectivity index (χ3v) is 11.8. The van der Waals surface area contributed by atoms with E-state index in [1.165, 1.54) is 26.4 Å². The molecule has 0 bridgehead atoms. The lowest BCUT2D eigenvalue weighted by Gasteiger charge is -2.31. The van der Waals surface area contributed by atoms with Crippen molar-refractivity contribution in [3.05, 3.63) is 65.2 Å². The molecule has 0 radical (unpaired) electrons. The number of aliphatic hydroxyl groups is 1. The second-order valence-electron chi connectivity index (χ2n) is 16.2. The quantitative estimate of drug-likeness (QED) is 0.117. The molecule has 0 saturated carbocycles. The Morgan fingerprint density at radius 1 is 0.828 bits per heavy atom. The van der Waals surface area contributed by atoms with Crippen molar-refractivity contribution in [2.75, 3.05) is 58.2 Å². The number of carbonyl (C=O) groups is 5. The summed E-state index contributed by atoms with van der Waals surface area (Å²) in [7, 11) is 4.56. The van der Waals surface area contributed by atoms with Gasteiger partial charge in [-0.2, -0.15) is 0 Å². The Bertz CT molecular complexity index is 2270. The minimum Gasteiger partial charge on any atom is -0.493 e. The van der Waals surface area contributed by atoms with Gasteiger partial charge in [-0.05, 0) is 75.4 Å². The second kappa shape index (κ2) is 19.9. The molecule has 4 N–H and O–H groups in total. The predicted molar refractivity (Wildman–Crippen MR) is 233 cm³/mol. The maximum atomic E-state index is 14.0. The third kappa shape index (κ3) is 9.56. The number of amides is 5. The number of aliphatic imine (C=N–C) groups is 1. The van der Waals surface area contributed by atoms with Crippen LogP contribution in [0.25, 0.3) is 0 Å². The third-order valence-electron chi connectivity index (χ3n) is 11.8. The number of carbonyl (C=O) groups excluding carboxylic acids is 5. The van der Waals surface area contributed by atoms with Crippen molar-refractivity contribution in [1.82, 2.24) is 20.4 Å². The van der Waals surface area contributed by atoms with E-state index < -0.39 is 42.3 Å². The van der Waals surface area contributed by atoms with Crippen LogP contribution in [0.3, 0.4) is 0 Å². The number of aliphatic hydroxyl groups excluding tert-OH is 1. The van der Waals surface area contributed by atoms with Crippen molar-refractivity contribution in [2.24, 2.45) is 10.9 Å². The van der Waals surface area contributed by atoms with Gasteiger partial charge in [0.2, 0.25) is 11.8 Å². The van der Waals surface area contributed by atoms with Crippen LogP contribution < -0.4 is 39.8 Å². The van der Waals surface area contributed by atoms with Gasteiger partial charge in [-0.15, -0.1) is 0 Å². The Morgan fingerprint density at radius 3 is 2.14 bits per heavy atom. The molecule has 5 atom stereocenters. The van der Waals surface area contributed by atoms with E-state index in [2.05, 4.69) is 20.9 Å². The molecule has 3 aromatic rings. The van der Waals surface area contributed by atoms with E-state index in [1.807, 2.05) is 13.8 Å². The molecular weight excluding hydrogens is 831 g/mol. The molecule has 342 valence electrons. The Morgan fingerprint density at radius 2 is 1.47 bits per heavy atom. The molecule has 2 saturated heterocycles. The molecule has 64 heavy (non-hydrogen) atoms. The van der Waals surface area contributed by atoms with E-state index in [4.69, 9.17) is 28.4 Å². The summed E-state index contributed by atoms with van der Waals surface area (Å²) >= 11 is 0. The topological polar surface area (TPSA) is 219 Å². The standard InChI is InChI=1S/C45H55N7O12/c1-25(2)39(46-4)41(54)48-26(3)40(53)49-28-13-11-27(12-14-28)22-62-45(58)52-34-20-38(36(60-6)18-31(34)43(56)51-16-8-10-33(51)44(52)57)64-24-61-23-63-37-19-32-30(17-35(37)59-5)42(55)50-15-7-9-29(50)21-47-32/h11-14,17-21,25-26,29,33,39,44,46,57H,7-10,15-16,22-24H2,1-6H3,(H,48,54)(H,49,53)/t26?,29?,33-,39-,44?/m0/s1. The predicted octanol–water partition coefficient (Wildman–Crippen LogP) is 4.18. The molecule has 7 rings (SSSR count). The van der Waals surface area contributed by atoms with E-state index in [0.29, 0.717) is 59.9 Å². The Kier molecular flexibility index (Phi) is 14.2. The van der Waals surface area contributed by atoms with Gasteiger partial charge in [-0.1, -0.05) is 26.0 Å². The molecule has 3 unspecified atom stereocenters. The van der Waals surface area contributed by atoms with Gasteiger partial charge < -0.3 is 59.3 Å². The van der Waals surface area contributed by atoms with E-state index in [0.717, 1.165) is 17.7 Å². The summed E-state index contributed by atoms with van der Waals surface area (Å²) in [6, 6.07) is 10.7. The average Bonchev–Trinajstić information content (AvgIpc) is 3.94. The molecule has 0 aromatic heterocycles. The Hall–Kier alpha value is -6.44. The molecule has 3 aromatic carbocycles. The van der Waals surface area contributed by atoms with E-state index in [9.17, 15) is 29.1 Å². The zero-order valence-corrected chi connectivity index (χ0v) is 36.8. The highest BCUT2D eigenvalue weighted by atomic mass is 16.7. The van der Waals surface area contributed by atoms with Crippen LogP contribution in [0.4, 0.5) is 21.9 Å². The van der Waals surface area contributed by atoms with Crippen molar-refractivity contribution < 1.29 is 57.5 Å². The highest BCUT2D eigenvalue weighted by Gasteiger charge is 2.45. The van der Waals surface area contributed by atoms with Crippen molar-refractivity contribution in [3.63, 3.8) is 0 Å². The number of ether oxygens (including phenoxy) is 6. The largest absolute Gasteiger partial charge is 0.493 e. The van der Waals surface area contributed by atoms with Crippen LogP contribution in [0.5, 0.6) is 23.0 Å². The van der Waals surface area contributed by atoms with E-state index in [-0.39, 0.29) is 66.7 Å². The lowest BCUT2D eigenvalue weighted by Crippen LogP contribution is -2.51. The van der Waals surface area contributed by atoms with Crippen molar-refractivity contribution in [3.8, 4) is 23.0 Å². The minimum absolute atomic E-state index is 0.0281. The number of likely N-dealkylation sites (N-methyl/N-ethyl adjacent to an activating group) is 1. The van der Waals surface area contributed by atoms with Gasteiger partial charge >= 0.3 is 6.09 Å². The van der Waals surface area contributed by atoms with Crippen LogP contribution >= 0.6 is 0 Å². The number of hydrogen-bond acceptors (Lipinski definition) is 14. The lowest BCUT2D eigenvalue weighted by atomic mass is 10.0. The number of nitrogens with one attached hydrogen (secondary N) is 3. The van der Waals surface area contributed by atoms with Crippen LogP contribution in [0.1, 0.15) is 72.7 Å². The summed E-state index contributed by atoms with van der Waals surface area (Å²) in [5, 5.41) is 20.2. The first kappa shape index (κ1) is 45.6. The number of nitrogens with zero attached hydrogens (tertiary/aromatic N) is 4. The Balaban J connectivity index is 1.01. The molecular formula is C45H55N7O12. The fourth-order valence-corrected chi connectivity index (χ4v) is 8.37. The maximum absolute atomic E-state index is 14.0. The molecule has 4 aliphatic heterocycles. The molecule has 4 heterocycles. The van der Waals surface area contributed by atoms with Crippen LogP contribution in [0.15, 0.2) is 53.5 Å². The van der Waals surface area contributed by atoms with Crippen LogP contribution in [0, 0.1) is 5.92 Å². The first-order valence-corrected chi connectivity index (χ1v) is 21.3. The summed E-state index contributed by atoms with van der Waals surface area (Å²) in [5.74, 6) is -0.268. The molecule has 2 fully saturated rings. The molecule has 0 spiro atoms. The van der Waals surface area contributed by atoms with Gasteiger partial charge in [0.25, 0.3) is 11.8 Å². The lowest BCUT2D eigenvalue weighted by molar-refractivity contribution is -0.128. The molecule has 19 heteroatoms. The van der Waals surface area contributed by atoms with Gasteiger partial charge in [-0.25, -0.2) is 9.69 Å². The zero-order chi connectivity index (χ0) is 45.7. The fourth-order valence-electron chi connectivity index (χ4n) is 8.37. The first-order valence-electron chi connectivity index (χ1n) is 21.3. The van der Waals surface area contributed by atoms with Crippen molar-refractivity contribution >= 4 is 53.0 Å². The fraction of sp³-hybridized carbons (Fsp3) is 0.467. The normalized spacial score (nSPS) is 19.7. The van der Waals surface area contributed by atoms with Gasteiger partial charge in [0.15, 0.2) is 42.8 Å². The molecule has 19 nitrogen and oxygen atoms in total. The van der Waals surface area contributed by atoms with Crippen molar-refractivity contribution in [2.45, 2.75) is 83.5 Å². The summed E-state index contributed by atoms with van der Waals surface area (Å²) in [4.78, 5) is 75.6. The van der Waals surface area contributed by atoms with Crippen LogP contribution in [-0.4, -0.2) is 129 Å². The number of fused-ring (bicyclic) bond motifs is 4. The minimum atomic E-state index is -1.46. The van der Waals surface area contributed by atoms with Crippen LogP contribution in [0.2, 0.25) is 0 Å². The number of anilines is 2. The average molecular weight is 886 g/mol. The van der Waals surface area contributed by atoms with Gasteiger partial charge in [0.1, 0.15) is 12.6 Å². The number of rotatable bonds is 16. The first-order chi connectivity index (χ1) is 30.8. The van der Waals surface area contributed by atoms with Gasteiger partial charge in [-0.3, -0.25) is 24.2 Å². The smallest absolute Gasteiger partial charge is 0.416 e. The van der Waals surface area contributed by atoms with E-state index in [1.54, 1.807) is 66.4 Å². The maximum Gasteiger partial charge on any atom is 0.416 e. The zero-order valence-electron chi connectivity index (χ0n) is 36.8. The van der Waals surface area contributed by atoms with Crippen molar-refractivity contribution in [1.29, 1.82) is 0 Å². The number of hydrogen-bond donors (Lipinski definition) is 4. The summed E-state index contributed by atoms with van der Waals surface area (Å²) < 4.78 is 34.3. The summed E-state index contributed by atoms with van der Waals surface area (Å²) in [6.45, 7) is 5.61. The molecule has 4 aliphatic rings. The summed E-state index contributed by atoms with van der Waals surface area (Å²) in [6.07, 6.45) is 2.27. The summed E-state index contributed by atoms with van der Waals surface area (Å²) in [5.41, 5.74) is 2.06. The number of benzene rings is 3. The molecule has 0 aliphatic carbocycles. The van der Waals surface area contributed by atoms with Crippen LogP contribution in [-0.2, 0) is 25.7 Å². The second-order valence-corrected chi connectivity index (χ2v) is 16.2. The van der Waals surface area contributed by atoms with E-state index >= 15 is 0 Å². The molecule has 5 amide bonds. The SMILES string of the molecule is CN[C@H](C(=O)NC(C)C(=O)Nc1ccc(COC(=O)N2c3cc(OCOCOc4cc5c(cc4OC)C(=O)N4CCCC4C=N5)c(OC)cc3C(=O)N3CCC[C@H]3C2O)cc1)C(C)C. The Labute approximate surface area is 370 Å². The van der Waals surface area contributed by atoms with Gasteiger partial charge in [0.05, 0.1) is 54.8 Å². The van der Waals surface area contributed by atoms with Gasteiger partial charge in [0, 0.05) is 37.1 Å². The highest BCUT2D eigenvalue weighted by Crippen LogP contribution is 2.42.